The molecule has 3 rings (SSSR count). The molecule has 0 bridgehead atoms. The number of sulfonamides is 1. The molecule has 0 fully saturated rings. The van der Waals surface area contributed by atoms with Gasteiger partial charge in [0, 0.05) is 6.07 Å². The van der Waals surface area contributed by atoms with Crippen molar-refractivity contribution in [1.29, 1.82) is 0 Å². The van der Waals surface area contributed by atoms with Crippen LogP contribution in [0.2, 0.25) is 0 Å². The van der Waals surface area contributed by atoms with Gasteiger partial charge in [0.25, 0.3) is 10.0 Å². The summed E-state index contributed by atoms with van der Waals surface area (Å²) in [6.07, 6.45) is 3.50. The fourth-order valence-electron chi connectivity index (χ4n) is 3.32. The van der Waals surface area contributed by atoms with E-state index in [0.29, 0.717) is 28.6 Å². The Kier molecular flexibility index (Phi) is 7.98. The molecule has 0 atom stereocenters. The number of anilines is 1. The Morgan fingerprint density at radius 2 is 1.31 bits per heavy atom. The third-order valence-electron chi connectivity index (χ3n) is 5.07. The molecule has 3 aromatic rings. The van der Waals surface area contributed by atoms with Crippen molar-refractivity contribution in [3.63, 3.8) is 0 Å². The highest BCUT2D eigenvalue weighted by Gasteiger charge is 2.19. The number of phenols is 1. The fourth-order valence-corrected chi connectivity index (χ4v) is 4.41. The van der Waals surface area contributed by atoms with Gasteiger partial charge < -0.3 is 28.8 Å². The van der Waals surface area contributed by atoms with Gasteiger partial charge in [0.1, 0.15) is 5.75 Å². The lowest BCUT2D eigenvalue weighted by Crippen LogP contribution is -2.13. The van der Waals surface area contributed by atoms with Crippen LogP contribution in [0.25, 0.3) is 12.2 Å². The average Bonchev–Trinajstić information content (AvgIpc) is 2.87. The number of phenolic OH excluding ortho intramolecular Hbond substituents is 1. The third kappa shape index (κ3) is 5.72. The van der Waals surface area contributed by atoms with Gasteiger partial charge in [0.05, 0.1) is 46.1 Å². The van der Waals surface area contributed by atoms with Gasteiger partial charge in [-0.25, -0.2) is 8.42 Å². The summed E-state index contributed by atoms with van der Waals surface area (Å²) in [6.45, 7) is 0. The predicted octanol–water partition coefficient (Wildman–Crippen LogP) is 4.41. The summed E-state index contributed by atoms with van der Waals surface area (Å²) in [5, 5.41) is 10.6. The van der Waals surface area contributed by atoms with Gasteiger partial charge in [-0.05, 0) is 47.5 Å². The quantitative estimate of drug-likeness (QED) is 0.310. The van der Waals surface area contributed by atoms with Gasteiger partial charge in [-0.3, -0.25) is 4.72 Å². The van der Waals surface area contributed by atoms with Gasteiger partial charge >= 0.3 is 0 Å². The monoisotopic (exact) mass is 501 g/mol. The molecule has 0 saturated carbocycles. The number of methoxy groups -OCH3 is 5. The first-order valence-electron chi connectivity index (χ1n) is 10.3. The first-order chi connectivity index (χ1) is 16.8. The van der Waals surface area contributed by atoms with Crippen LogP contribution in [-0.2, 0) is 10.0 Å². The van der Waals surface area contributed by atoms with Crippen molar-refractivity contribution in [3.05, 3.63) is 59.7 Å². The van der Waals surface area contributed by atoms with E-state index in [4.69, 9.17) is 23.7 Å². The average molecular weight is 502 g/mol. The molecule has 0 spiro atoms. The smallest absolute Gasteiger partial charge is 0.262 e. The summed E-state index contributed by atoms with van der Waals surface area (Å²) in [5.74, 6) is 1.58. The number of benzene rings is 3. The van der Waals surface area contributed by atoms with E-state index in [2.05, 4.69) is 4.72 Å². The highest BCUT2D eigenvalue weighted by Crippen LogP contribution is 2.40. The molecular formula is C25H27NO8S. The van der Waals surface area contributed by atoms with Crippen molar-refractivity contribution in [3.8, 4) is 34.5 Å². The van der Waals surface area contributed by atoms with Gasteiger partial charge in [0.15, 0.2) is 23.0 Å². The zero-order valence-corrected chi connectivity index (χ0v) is 20.8. The number of aromatic hydroxyl groups is 1. The molecule has 0 aliphatic rings. The lowest BCUT2D eigenvalue weighted by molar-refractivity contribution is 0.324. The number of nitrogens with one attached hydrogen (secondary N) is 1. The molecule has 0 aromatic heterocycles. The Hall–Kier alpha value is -4.05. The van der Waals surface area contributed by atoms with E-state index in [-0.39, 0.29) is 22.1 Å². The molecule has 0 radical (unpaired) electrons. The fraction of sp³-hybridized carbons (Fsp3) is 0.200. The lowest BCUT2D eigenvalue weighted by atomic mass is 10.1. The van der Waals surface area contributed by atoms with E-state index in [1.54, 1.807) is 42.5 Å². The number of hydrogen-bond acceptors (Lipinski definition) is 8. The molecule has 35 heavy (non-hydrogen) atoms. The molecule has 3 aromatic carbocycles. The molecule has 0 amide bonds. The molecular weight excluding hydrogens is 474 g/mol. The number of hydrogen-bond donors (Lipinski definition) is 2. The maximum atomic E-state index is 12.9. The summed E-state index contributed by atoms with van der Waals surface area (Å²) in [7, 11) is 3.37. The van der Waals surface area contributed by atoms with E-state index in [9.17, 15) is 13.5 Å². The molecule has 186 valence electrons. The van der Waals surface area contributed by atoms with Crippen LogP contribution in [0.5, 0.6) is 34.5 Å². The van der Waals surface area contributed by atoms with Crippen molar-refractivity contribution in [2.75, 3.05) is 40.3 Å². The van der Waals surface area contributed by atoms with Gasteiger partial charge in [-0.2, -0.15) is 0 Å². The Labute approximate surface area is 204 Å². The Bertz CT molecular complexity index is 1310. The SMILES string of the molecule is COc1cccc(S(=O)(=O)Nc2cc(/C=C\c3cc(OC)c(OC)c(OC)c3)cc(OC)c2O)c1. The maximum Gasteiger partial charge on any atom is 0.262 e. The first-order valence-corrected chi connectivity index (χ1v) is 11.8. The Morgan fingerprint density at radius 1 is 0.743 bits per heavy atom. The van der Waals surface area contributed by atoms with Crippen LogP contribution in [0.1, 0.15) is 11.1 Å². The molecule has 0 heterocycles. The van der Waals surface area contributed by atoms with Crippen LogP contribution in [-0.4, -0.2) is 49.1 Å². The van der Waals surface area contributed by atoms with Crippen molar-refractivity contribution in [2.45, 2.75) is 4.90 Å². The summed E-state index contributed by atoms with van der Waals surface area (Å²) < 4.78 is 54.7. The Balaban J connectivity index is 1.99. The standard InChI is InChI=1S/C25H27NO8S/c1-30-18-7-6-8-19(15-18)35(28,29)26-20-11-16(12-21(31-2)24(20)27)9-10-17-13-22(32-3)25(34-5)23(14-17)33-4/h6-15,26-27H,1-5H3/b10-9-. The molecule has 9 nitrogen and oxygen atoms in total. The molecule has 2 N–H and O–H groups in total. The van der Waals surface area contributed by atoms with Crippen molar-refractivity contribution < 1.29 is 37.2 Å². The summed E-state index contributed by atoms with van der Waals surface area (Å²) in [6, 6.07) is 12.6. The minimum absolute atomic E-state index is 0.0198. The Morgan fingerprint density at radius 3 is 1.86 bits per heavy atom. The maximum absolute atomic E-state index is 12.9. The molecule has 0 aliphatic carbocycles. The van der Waals surface area contributed by atoms with E-state index in [1.165, 1.54) is 53.7 Å². The van der Waals surface area contributed by atoms with Crippen molar-refractivity contribution >= 4 is 27.9 Å². The van der Waals surface area contributed by atoms with Gasteiger partial charge in [0.2, 0.25) is 5.75 Å². The zero-order chi connectivity index (χ0) is 25.6. The van der Waals surface area contributed by atoms with Crippen LogP contribution < -0.4 is 28.4 Å². The molecule has 0 saturated heterocycles. The van der Waals surface area contributed by atoms with Crippen molar-refractivity contribution in [2.24, 2.45) is 0 Å². The van der Waals surface area contributed by atoms with Crippen LogP contribution in [0, 0.1) is 0 Å². The van der Waals surface area contributed by atoms with Crippen LogP contribution in [0.15, 0.2) is 53.4 Å². The molecule has 0 aliphatic heterocycles. The van der Waals surface area contributed by atoms with Crippen molar-refractivity contribution in [1.82, 2.24) is 0 Å². The van der Waals surface area contributed by atoms with E-state index >= 15 is 0 Å². The minimum atomic E-state index is -4.02. The van der Waals surface area contributed by atoms with Gasteiger partial charge in [-0.15, -0.1) is 0 Å². The third-order valence-corrected chi connectivity index (χ3v) is 6.43. The second-order valence-corrected chi connectivity index (χ2v) is 8.88. The largest absolute Gasteiger partial charge is 0.503 e. The minimum Gasteiger partial charge on any atom is -0.503 e. The normalized spacial score (nSPS) is 11.2. The van der Waals surface area contributed by atoms with Crippen LogP contribution in [0.4, 0.5) is 5.69 Å². The number of ether oxygens (including phenoxy) is 5. The first kappa shape index (κ1) is 25.6. The second-order valence-electron chi connectivity index (χ2n) is 7.20. The summed E-state index contributed by atoms with van der Waals surface area (Å²) >= 11 is 0. The number of rotatable bonds is 10. The van der Waals surface area contributed by atoms with Crippen LogP contribution in [0.3, 0.4) is 0 Å². The molecule has 10 heteroatoms. The van der Waals surface area contributed by atoms with Crippen LogP contribution >= 0.6 is 0 Å². The second kappa shape index (κ2) is 10.9. The highest BCUT2D eigenvalue weighted by molar-refractivity contribution is 7.92. The summed E-state index contributed by atoms with van der Waals surface area (Å²) in [5.41, 5.74) is 1.26. The predicted molar refractivity (Wildman–Crippen MR) is 133 cm³/mol. The topological polar surface area (TPSA) is 113 Å². The highest BCUT2D eigenvalue weighted by atomic mass is 32.2. The molecule has 0 unspecified atom stereocenters. The van der Waals surface area contributed by atoms with E-state index in [1.807, 2.05) is 0 Å². The van der Waals surface area contributed by atoms with E-state index in [0.717, 1.165) is 5.56 Å². The lowest BCUT2D eigenvalue weighted by Gasteiger charge is -2.14. The van der Waals surface area contributed by atoms with E-state index < -0.39 is 10.0 Å². The van der Waals surface area contributed by atoms with Gasteiger partial charge in [-0.1, -0.05) is 18.2 Å². The summed E-state index contributed by atoms with van der Waals surface area (Å²) in [4.78, 5) is -0.0198. The zero-order valence-electron chi connectivity index (χ0n) is 20.0.